The maximum Gasteiger partial charge on any atom is 0.123 e. The lowest BCUT2D eigenvalue weighted by atomic mass is 9.68. The first-order valence-electron chi connectivity index (χ1n) is 17.4. The summed E-state index contributed by atoms with van der Waals surface area (Å²) in [7, 11) is 0. The van der Waals surface area contributed by atoms with Crippen LogP contribution in [0.2, 0.25) is 0 Å². The minimum Gasteiger partial charge on any atom is -0.310 e. The van der Waals surface area contributed by atoms with Crippen molar-refractivity contribution in [2.75, 3.05) is 4.90 Å². The van der Waals surface area contributed by atoms with Crippen LogP contribution in [0.3, 0.4) is 0 Å². The third-order valence-electron chi connectivity index (χ3n) is 10.2. The topological polar surface area (TPSA) is 3.24 Å². The Morgan fingerprint density at radius 3 is 1.33 bits per heavy atom. The standard InChI is InChI=1S/C49H34FN/c50-41-29-23-36(24-30-41)38-27-33-43(34-28-38)51(42-31-25-37(26-32-42)35-13-4-1-5-14-35)47-22-12-21-46-48(47)44-19-10-11-20-45(44)49(46,39-15-6-2-7-16-39)40-17-8-3-9-18-40/h1-34H. The van der Waals surface area contributed by atoms with Crippen LogP contribution in [0, 0.1) is 5.82 Å². The summed E-state index contributed by atoms with van der Waals surface area (Å²) in [5, 5.41) is 0. The van der Waals surface area contributed by atoms with Gasteiger partial charge in [-0.1, -0.05) is 164 Å². The fraction of sp³-hybridized carbons (Fsp3) is 0.0204. The second-order valence-corrected chi connectivity index (χ2v) is 13.0. The first-order chi connectivity index (χ1) is 25.2. The van der Waals surface area contributed by atoms with Crippen LogP contribution in [0.25, 0.3) is 33.4 Å². The SMILES string of the molecule is Fc1ccc(-c2ccc(N(c3ccc(-c4ccccc4)cc3)c3cccc4c3-c3ccccc3C4(c3ccccc3)c3ccccc3)cc2)cc1. The summed E-state index contributed by atoms with van der Waals surface area (Å²) in [6, 6.07) is 72.1. The number of nitrogens with zero attached hydrogens (tertiary/aromatic N) is 1. The largest absolute Gasteiger partial charge is 0.310 e. The van der Waals surface area contributed by atoms with E-state index in [-0.39, 0.29) is 5.82 Å². The Kier molecular flexibility index (Phi) is 7.63. The van der Waals surface area contributed by atoms with Gasteiger partial charge < -0.3 is 4.90 Å². The Hall–Kier alpha value is -6.51. The Labute approximate surface area is 298 Å². The minimum atomic E-state index is -0.500. The molecule has 0 spiro atoms. The van der Waals surface area contributed by atoms with E-state index in [9.17, 15) is 4.39 Å². The van der Waals surface area contributed by atoms with E-state index in [1.807, 2.05) is 18.2 Å². The molecule has 0 heterocycles. The van der Waals surface area contributed by atoms with Crippen LogP contribution in [0.1, 0.15) is 22.3 Å². The van der Waals surface area contributed by atoms with Gasteiger partial charge in [0.2, 0.25) is 0 Å². The van der Waals surface area contributed by atoms with E-state index in [4.69, 9.17) is 0 Å². The number of rotatable bonds is 7. The molecule has 1 aliphatic carbocycles. The molecule has 8 aromatic carbocycles. The Morgan fingerprint density at radius 1 is 0.353 bits per heavy atom. The van der Waals surface area contributed by atoms with Gasteiger partial charge in [0.05, 0.1) is 11.1 Å². The Morgan fingerprint density at radius 2 is 0.784 bits per heavy atom. The fourth-order valence-corrected chi connectivity index (χ4v) is 7.97. The summed E-state index contributed by atoms with van der Waals surface area (Å²) < 4.78 is 13.8. The van der Waals surface area contributed by atoms with Gasteiger partial charge >= 0.3 is 0 Å². The van der Waals surface area contributed by atoms with Crippen molar-refractivity contribution in [3.63, 3.8) is 0 Å². The minimum absolute atomic E-state index is 0.235. The monoisotopic (exact) mass is 655 g/mol. The van der Waals surface area contributed by atoms with E-state index in [1.165, 1.54) is 56.6 Å². The molecular weight excluding hydrogens is 622 g/mol. The lowest BCUT2D eigenvalue weighted by molar-refractivity contribution is 0.628. The van der Waals surface area contributed by atoms with Gasteiger partial charge in [0, 0.05) is 16.9 Å². The third kappa shape index (κ3) is 5.16. The van der Waals surface area contributed by atoms with Crippen LogP contribution < -0.4 is 4.90 Å². The second-order valence-electron chi connectivity index (χ2n) is 13.0. The molecule has 242 valence electrons. The average Bonchev–Trinajstić information content (AvgIpc) is 3.52. The lowest BCUT2D eigenvalue weighted by Crippen LogP contribution is -2.28. The van der Waals surface area contributed by atoms with E-state index >= 15 is 0 Å². The molecule has 1 nitrogen and oxygen atoms in total. The van der Waals surface area contributed by atoms with Gasteiger partial charge in [-0.2, -0.15) is 0 Å². The van der Waals surface area contributed by atoms with Crippen molar-refractivity contribution in [3.8, 4) is 33.4 Å². The first-order valence-corrected chi connectivity index (χ1v) is 17.4. The summed E-state index contributed by atoms with van der Waals surface area (Å²) in [4.78, 5) is 2.38. The summed E-state index contributed by atoms with van der Waals surface area (Å²) in [6.45, 7) is 0. The Bertz CT molecular complexity index is 2400. The number of hydrogen-bond acceptors (Lipinski definition) is 1. The van der Waals surface area contributed by atoms with Crippen molar-refractivity contribution >= 4 is 17.1 Å². The fourth-order valence-electron chi connectivity index (χ4n) is 7.97. The highest BCUT2D eigenvalue weighted by atomic mass is 19.1. The van der Waals surface area contributed by atoms with Gasteiger partial charge in [-0.05, 0) is 92.5 Å². The molecule has 0 N–H and O–H groups in total. The van der Waals surface area contributed by atoms with Crippen molar-refractivity contribution in [1.29, 1.82) is 0 Å². The van der Waals surface area contributed by atoms with Gasteiger partial charge in [-0.25, -0.2) is 4.39 Å². The average molecular weight is 656 g/mol. The smallest absolute Gasteiger partial charge is 0.123 e. The molecule has 8 aromatic rings. The molecule has 9 rings (SSSR count). The zero-order valence-electron chi connectivity index (χ0n) is 28.0. The van der Waals surface area contributed by atoms with Crippen molar-refractivity contribution in [3.05, 3.63) is 234 Å². The highest BCUT2D eigenvalue weighted by Crippen LogP contribution is 2.59. The molecule has 0 aromatic heterocycles. The molecule has 0 radical (unpaired) electrons. The number of halogens is 1. The van der Waals surface area contributed by atoms with Crippen LogP contribution in [-0.4, -0.2) is 0 Å². The highest BCUT2D eigenvalue weighted by Gasteiger charge is 2.47. The number of anilines is 3. The molecular formula is C49H34FN. The van der Waals surface area contributed by atoms with E-state index in [0.717, 1.165) is 28.2 Å². The first kappa shape index (κ1) is 30.5. The number of benzene rings is 8. The van der Waals surface area contributed by atoms with Gasteiger partial charge in [0.25, 0.3) is 0 Å². The van der Waals surface area contributed by atoms with Crippen molar-refractivity contribution in [2.24, 2.45) is 0 Å². The molecule has 51 heavy (non-hydrogen) atoms. The maximum absolute atomic E-state index is 13.8. The van der Waals surface area contributed by atoms with Crippen molar-refractivity contribution < 1.29 is 4.39 Å². The van der Waals surface area contributed by atoms with Gasteiger partial charge in [-0.15, -0.1) is 0 Å². The van der Waals surface area contributed by atoms with Crippen molar-refractivity contribution in [2.45, 2.75) is 5.41 Å². The summed E-state index contributed by atoms with van der Waals surface area (Å²) in [5.41, 5.74) is 14.5. The van der Waals surface area contributed by atoms with E-state index < -0.39 is 5.41 Å². The third-order valence-corrected chi connectivity index (χ3v) is 10.2. The molecule has 0 amide bonds. The van der Waals surface area contributed by atoms with E-state index in [0.29, 0.717) is 0 Å². The predicted molar refractivity (Wildman–Crippen MR) is 209 cm³/mol. The molecule has 0 aliphatic heterocycles. The predicted octanol–water partition coefficient (Wildman–Crippen LogP) is 13.0. The van der Waals surface area contributed by atoms with Crippen LogP contribution >= 0.6 is 0 Å². The molecule has 0 unspecified atom stereocenters. The van der Waals surface area contributed by atoms with Gasteiger partial charge in [-0.3, -0.25) is 0 Å². The highest BCUT2D eigenvalue weighted by molar-refractivity contribution is 5.97. The summed E-state index contributed by atoms with van der Waals surface area (Å²) in [6.07, 6.45) is 0. The molecule has 1 aliphatic rings. The van der Waals surface area contributed by atoms with E-state index in [1.54, 1.807) is 0 Å². The van der Waals surface area contributed by atoms with Crippen LogP contribution in [0.4, 0.5) is 21.5 Å². The number of fused-ring (bicyclic) bond motifs is 3. The van der Waals surface area contributed by atoms with Crippen LogP contribution in [0.15, 0.2) is 206 Å². The molecule has 0 atom stereocenters. The van der Waals surface area contributed by atoms with Gasteiger partial charge in [0.15, 0.2) is 0 Å². The second kappa shape index (κ2) is 12.7. The molecule has 0 bridgehead atoms. The van der Waals surface area contributed by atoms with Gasteiger partial charge in [0.1, 0.15) is 5.82 Å². The zero-order valence-corrected chi connectivity index (χ0v) is 28.0. The number of hydrogen-bond donors (Lipinski definition) is 0. The van der Waals surface area contributed by atoms with Crippen LogP contribution in [-0.2, 0) is 5.41 Å². The quantitative estimate of drug-likeness (QED) is 0.165. The van der Waals surface area contributed by atoms with Crippen LogP contribution in [0.5, 0.6) is 0 Å². The molecule has 0 saturated heterocycles. The molecule has 0 saturated carbocycles. The molecule has 0 fully saturated rings. The normalized spacial score (nSPS) is 12.6. The maximum atomic E-state index is 13.8. The van der Waals surface area contributed by atoms with E-state index in [2.05, 4.69) is 181 Å². The zero-order chi connectivity index (χ0) is 34.2. The summed E-state index contributed by atoms with van der Waals surface area (Å²) in [5.74, 6) is -0.235. The Balaban J connectivity index is 1.28. The lowest BCUT2D eigenvalue weighted by Gasteiger charge is -2.34. The van der Waals surface area contributed by atoms with Crippen molar-refractivity contribution in [1.82, 2.24) is 0 Å². The summed E-state index contributed by atoms with van der Waals surface area (Å²) >= 11 is 0. The molecule has 2 heteroatoms.